The molecule has 0 radical (unpaired) electrons. The van der Waals surface area contributed by atoms with E-state index in [2.05, 4.69) is 15.5 Å². The Morgan fingerprint density at radius 1 is 1.05 bits per heavy atom. The van der Waals surface area contributed by atoms with Crippen molar-refractivity contribution in [2.24, 2.45) is 0 Å². The number of rotatable bonds is 3. The maximum Gasteiger partial charge on any atom is 0.255 e. The van der Waals surface area contributed by atoms with E-state index in [0.717, 1.165) is 11.1 Å². The molecule has 3 aromatic rings. The van der Waals surface area contributed by atoms with E-state index in [1.165, 1.54) is 0 Å². The van der Waals surface area contributed by atoms with Crippen LogP contribution in [0.3, 0.4) is 0 Å². The minimum absolute atomic E-state index is 0.142. The molecule has 1 N–H and O–H groups in total. The fourth-order valence-electron chi connectivity index (χ4n) is 2.17. The second kappa shape index (κ2) is 5.81. The molecule has 0 fully saturated rings. The Morgan fingerprint density at radius 2 is 1.86 bits per heavy atom. The summed E-state index contributed by atoms with van der Waals surface area (Å²) in [5, 5.41) is 10.7. The number of carbonyl (C=O) groups is 1. The highest BCUT2D eigenvalue weighted by Crippen LogP contribution is 2.22. The van der Waals surface area contributed by atoms with Crippen molar-refractivity contribution < 1.29 is 9.21 Å². The van der Waals surface area contributed by atoms with E-state index in [0.29, 0.717) is 23.0 Å². The van der Waals surface area contributed by atoms with Crippen LogP contribution in [0.25, 0.3) is 11.5 Å². The van der Waals surface area contributed by atoms with Crippen LogP contribution in [0.15, 0.2) is 52.9 Å². The molecular formula is C17H15N3O2. The first-order chi connectivity index (χ1) is 10.6. The first kappa shape index (κ1) is 14.0. The van der Waals surface area contributed by atoms with Gasteiger partial charge < -0.3 is 9.73 Å². The van der Waals surface area contributed by atoms with Crippen molar-refractivity contribution in [2.75, 3.05) is 5.32 Å². The van der Waals surface area contributed by atoms with Crippen LogP contribution in [0, 0.1) is 13.8 Å². The summed E-state index contributed by atoms with van der Waals surface area (Å²) in [5.41, 5.74) is 3.04. The van der Waals surface area contributed by atoms with E-state index >= 15 is 0 Å². The summed E-state index contributed by atoms with van der Waals surface area (Å²) in [5.74, 6) is 0.797. The monoisotopic (exact) mass is 293 g/mol. The summed E-state index contributed by atoms with van der Waals surface area (Å²) in [6.45, 7) is 3.65. The first-order valence-corrected chi connectivity index (χ1v) is 6.91. The first-order valence-electron chi connectivity index (χ1n) is 6.91. The number of amides is 1. The molecule has 22 heavy (non-hydrogen) atoms. The molecule has 0 spiro atoms. The summed E-state index contributed by atoms with van der Waals surface area (Å²) < 4.78 is 5.40. The third kappa shape index (κ3) is 2.88. The quantitative estimate of drug-likeness (QED) is 0.801. The highest BCUT2D eigenvalue weighted by Gasteiger charge is 2.10. The fraction of sp³-hybridized carbons (Fsp3) is 0.118. The average Bonchev–Trinajstić information content (AvgIpc) is 2.94. The van der Waals surface area contributed by atoms with Gasteiger partial charge in [0.25, 0.3) is 5.91 Å². The Balaban J connectivity index is 1.84. The maximum absolute atomic E-state index is 12.3. The zero-order chi connectivity index (χ0) is 15.5. The van der Waals surface area contributed by atoms with Gasteiger partial charge in [0.2, 0.25) is 11.8 Å². The number of anilines is 1. The smallest absolute Gasteiger partial charge is 0.255 e. The van der Waals surface area contributed by atoms with Crippen molar-refractivity contribution in [3.63, 3.8) is 0 Å². The number of nitrogens with one attached hydrogen (secondary N) is 1. The Hall–Kier alpha value is -2.95. The lowest BCUT2D eigenvalue weighted by Gasteiger charge is -2.08. The van der Waals surface area contributed by atoms with Crippen LogP contribution in [0.5, 0.6) is 0 Å². The molecule has 0 aliphatic rings. The molecule has 110 valence electrons. The number of hydrogen-bond donors (Lipinski definition) is 1. The van der Waals surface area contributed by atoms with E-state index < -0.39 is 0 Å². The third-order valence-corrected chi connectivity index (χ3v) is 3.28. The van der Waals surface area contributed by atoms with Crippen molar-refractivity contribution >= 4 is 11.6 Å². The molecule has 2 aromatic carbocycles. The molecule has 0 aliphatic carbocycles. The zero-order valence-electron chi connectivity index (χ0n) is 12.3. The molecule has 5 heteroatoms. The lowest BCUT2D eigenvalue weighted by atomic mass is 10.1. The molecule has 3 rings (SSSR count). The number of hydrogen-bond acceptors (Lipinski definition) is 4. The van der Waals surface area contributed by atoms with Crippen molar-refractivity contribution in [3.05, 3.63) is 65.5 Å². The van der Waals surface area contributed by atoms with Crippen molar-refractivity contribution in [2.45, 2.75) is 13.8 Å². The van der Waals surface area contributed by atoms with Gasteiger partial charge in [-0.2, -0.15) is 0 Å². The molecule has 5 nitrogen and oxygen atoms in total. The molecule has 0 atom stereocenters. The van der Waals surface area contributed by atoms with E-state index in [1.54, 1.807) is 13.0 Å². The SMILES string of the molecule is Cc1nnc(-c2cccc(NC(=O)c3ccccc3C)c2)o1. The van der Waals surface area contributed by atoms with Crippen LogP contribution in [0.1, 0.15) is 21.8 Å². The Morgan fingerprint density at radius 3 is 2.59 bits per heavy atom. The zero-order valence-corrected chi connectivity index (χ0v) is 12.3. The van der Waals surface area contributed by atoms with Crippen molar-refractivity contribution in [3.8, 4) is 11.5 Å². The summed E-state index contributed by atoms with van der Waals surface area (Å²) >= 11 is 0. The van der Waals surface area contributed by atoms with Gasteiger partial charge in [-0.1, -0.05) is 24.3 Å². The number of benzene rings is 2. The van der Waals surface area contributed by atoms with Crippen LogP contribution in [0.4, 0.5) is 5.69 Å². The lowest BCUT2D eigenvalue weighted by molar-refractivity contribution is 0.102. The number of nitrogens with zero attached hydrogens (tertiary/aromatic N) is 2. The number of aryl methyl sites for hydroxylation is 2. The maximum atomic E-state index is 12.3. The Kier molecular flexibility index (Phi) is 3.70. The average molecular weight is 293 g/mol. The topological polar surface area (TPSA) is 68.0 Å². The van der Waals surface area contributed by atoms with Crippen molar-refractivity contribution in [1.29, 1.82) is 0 Å². The van der Waals surface area contributed by atoms with Crippen LogP contribution in [0.2, 0.25) is 0 Å². The highest BCUT2D eigenvalue weighted by atomic mass is 16.4. The molecule has 0 aliphatic heterocycles. The molecule has 1 aromatic heterocycles. The normalized spacial score (nSPS) is 10.5. The van der Waals surface area contributed by atoms with Gasteiger partial charge in [-0.05, 0) is 36.8 Å². The molecule has 0 saturated carbocycles. The minimum Gasteiger partial charge on any atom is -0.421 e. The van der Waals surface area contributed by atoms with Crippen molar-refractivity contribution in [1.82, 2.24) is 10.2 Å². The van der Waals surface area contributed by atoms with Gasteiger partial charge in [-0.3, -0.25) is 4.79 Å². The standard InChI is InChI=1S/C17H15N3O2/c1-11-6-3-4-9-15(11)16(21)18-14-8-5-7-13(10-14)17-20-19-12(2)22-17/h3-10H,1-2H3,(H,18,21). The third-order valence-electron chi connectivity index (χ3n) is 3.28. The Labute approximate surface area is 128 Å². The van der Waals surface area contributed by atoms with E-state index in [9.17, 15) is 4.79 Å². The largest absolute Gasteiger partial charge is 0.421 e. The van der Waals surface area contributed by atoms with Gasteiger partial charge in [-0.15, -0.1) is 10.2 Å². The van der Waals surface area contributed by atoms with Crippen LogP contribution in [-0.2, 0) is 0 Å². The molecule has 0 unspecified atom stereocenters. The summed E-state index contributed by atoms with van der Waals surface area (Å²) in [6, 6.07) is 14.8. The van der Waals surface area contributed by atoms with Gasteiger partial charge in [0.15, 0.2) is 0 Å². The molecule has 1 amide bonds. The van der Waals surface area contributed by atoms with Crippen LogP contribution in [-0.4, -0.2) is 16.1 Å². The second-order valence-corrected chi connectivity index (χ2v) is 4.98. The number of carbonyl (C=O) groups excluding carboxylic acids is 1. The molecule has 0 bridgehead atoms. The highest BCUT2D eigenvalue weighted by molar-refractivity contribution is 6.05. The lowest BCUT2D eigenvalue weighted by Crippen LogP contribution is -2.13. The van der Waals surface area contributed by atoms with E-state index in [4.69, 9.17) is 4.42 Å². The van der Waals surface area contributed by atoms with Gasteiger partial charge in [0.05, 0.1) is 0 Å². The van der Waals surface area contributed by atoms with E-state index in [-0.39, 0.29) is 5.91 Å². The van der Waals surface area contributed by atoms with Gasteiger partial charge in [0, 0.05) is 23.7 Å². The minimum atomic E-state index is -0.142. The second-order valence-electron chi connectivity index (χ2n) is 4.98. The van der Waals surface area contributed by atoms with Gasteiger partial charge in [0.1, 0.15) is 0 Å². The summed E-state index contributed by atoms with van der Waals surface area (Å²) in [6.07, 6.45) is 0. The Bertz CT molecular complexity index is 824. The van der Waals surface area contributed by atoms with Crippen LogP contribution < -0.4 is 5.32 Å². The fourth-order valence-corrected chi connectivity index (χ4v) is 2.17. The molecular weight excluding hydrogens is 278 g/mol. The van der Waals surface area contributed by atoms with Gasteiger partial charge >= 0.3 is 0 Å². The molecule has 0 saturated heterocycles. The predicted octanol–water partition coefficient (Wildman–Crippen LogP) is 3.61. The predicted molar refractivity (Wildman–Crippen MR) is 83.6 cm³/mol. The summed E-state index contributed by atoms with van der Waals surface area (Å²) in [7, 11) is 0. The van der Waals surface area contributed by atoms with Gasteiger partial charge in [-0.25, -0.2) is 0 Å². The molecule has 1 heterocycles. The van der Waals surface area contributed by atoms with E-state index in [1.807, 2.05) is 49.4 Å². The summed E-state index contributed by atoms with van der Waals surface area (Å²) in [4.78, 5) is 12.3. The number of aromatic nitrogens is 2. The van der Waals surface area contributed by atoms with Crippen LogP contribution >= 0.6 is 0 Å².